The van der Waals surface area contributed by atoms with Crippen LogP contribution < -0.4 is 0 Å². The minimum absolute atomic E-state index is 0.0145. The number of ether oxygens (including phenoxy) is 2. The first kappa shape index (κ1) is 15.3. The molecule has 0 amide bonds. The molecule has 1 heterocycles. The van der Waals surface area contributed by atoms with Crippen LogP contribution >= 0.6 is 0 Å². The molecule has 4 nitrogen and oxygen atoms in total. The van der Waals surface area contributed by atoms with Gasteiger partial charge in [-0.15, -0.1) is 0 Å². The van der Waals surface area contributed by atoms with Gasteiger partial charge in [-0.2, -0.15) is 5.10 Å². The van der Waals surface area contributed by atoms with E-state index in [1.165, 1.54) is 18.6 Å². The molecule has 3 unspecified atom stereocenters. The van der Waals surface area contributed by atoms with Crippen LogP contribution in [0.15, 0.2) is 5.10 Å². The Balaban J connectivity index is 1.80. The van der Waals surface area contributed by atoms with Crippen molar-refractivity contribution in [3.8, 4) is 0 Å². The van der Waals surface area contributed by atoms with Crippen molar-refractivity contribution in [1.82, 2.24) is 5.01 Å². The van der Waals surface area contributed by atoms with E-state index in [4.69, 9.17) is 14.6 Å². The third kappa shape index (κ3) is 2.31. The largest absolute Gasteiger partial charge is 0.350 e. The van der Waals surface area contributed by atoms with Crippen LogP contribution in [-0.2, 0) is 9.47 Å². The second kappa shape index (κ2) is 5.24. The van der Waals surface area contributed by atoms with Gasteiger partial charge in [0.15, 0.2) is 6.29 Å². The van der Waals surface area contributed by atoms with Crippen molar-refractivity contribution in [3.63, 3.8) is 0 Å². The molecular weight excluding hydrogens is 264 g/mol. The van der Waals surface area contributed by atoms with E-state index in [-0.39, 0.29) is 11.7 Å². The van der Waals surface area contributed by atoms with Crippen LogP contribution in [0, 0.1) is 22.7 Å². The van der Waals surface area contributed by atoms with Crippen LogP contribution in [-0.4, -0.2) is 44.3 Å². The fourth-order valence-corrected chi connectivity index (χ4v) is 4.93. The SMILES string of the molecule is CN(C)/N=C1\C(CCC2OCCO2)C2CCC1(C)C2(C)C. The standard InChI is InChI=1S/C17H30N2O2/c1-16(2)13-8-9-17(16,3)15(18-19(4)5)12(13)6-7-14-20-10-11-21-14/h12-14H,6-11H2,1-5H3/b18-15+. The van der Waals surface area contributed by atoms with Gasteiger partial charge in [0, 0.05) is 31.1 Å². The zero-order valence-electron chi connectivity index (χ0n) is 14.2. The van der Waals surface area contributed by atoms with E-state index in [1.54, 1.807) is 0 Å². The van der Waals surface area contributed by atoms with Gasteiger partial charge in [0.1, 0.15) is 0 Å². The average Bonchev–Trinajstić information content (AvgIpc) is 3.02. The summed E-state index contributed by atoms with van der Waals surface area (Å²) in [6.07, 6.45) is 4.78. The van der Waals surface area contributed by atoms with Crippen LogP contribution in [0.5, 0.6) is 0 Å². The van der Waals surface area contributed by atoms with E-state index in [9.17, 15) is 0 Å². The summed E-state index contributed by atoms with van der Waals surface area (Å²) >= 11 is 0. The van der Waals surface area contributed by atoms with Gasteiger partial charge in [-0.05, 0) is 37.0 Å². The molecule has 2 aliphatic carbocycles. The van der Waals surface area contributed by atoms with Gasteiger partial charge < -0.3 is 14.5 Å². The molecule has 3 rings (SSSR count). The molecule has 0 aromatic carbocycles. The van der Waals surface area contributed by atoms with Gasteiger partial charge in [-0.25, -0.2) is 0 Å². The molecule has 0 N–H and O–H groups in total. The predicted octanol–water partition coefficient (Wildman–Crippen LogP) is 3.13. The molecule has 1 saturated heterocycles. The normalized spacial score (nSPS) is 40.3. The molecule has 2 bridgehead atoms. The lowest BCUT2D eigenvalue weighted by molar-refractivity contribution is -0.0502. The maximum atomic E-state index is 5.61. The molecule has 4 heteroatoms. The maximum Gasteiger partial charge on any atom is 0.157 e. The molecule has 3 aliphatic rings. The van der Waals surface area contributed by atoms with Crippen LogP contribution in [0.3, 0.4) is 0 Å². The minimum atomic E-state index is 0.0145. The van der Waals surface area contributed by atoms with E-state index in [0.29, 0.717) is 11.3 Å². The van der Waals surface area contributed by atoms with Crippen molar-refractivity contribution in [3.05, 3.63) is 0 Å². The van der Waals surface area contributed by atoms with Crippen molar-refractivity contribution in [2.45, 2.75) is 52.7 Å². The molecule has 1 aliphatic heterocycles. The molecular formula is C17H30N2O2. The molecule has 0 radical (unpaired) electrons. The summed E-state index contributed by atoms with van der Waals surface area (Å²) in [5.41, 5.74) is 2.03. The van der Waals surface area contributed by atoms with Gasteiger partial charge in [0.25, 0.3) is 0 Å². The first-order valence-electron chi connectivity index (χ1n) is 8.36. The number of fused-ring (bicyclic) bond motifs is 2. The molecule has 0 spiro atoms. The third-order valence-electron chi connectivity index (χ3n) is 6.42. The van der Waals surface area contributed by atoms with Crippen molar-refractivity contribution in [2.24, 2.45) is 27.8 Å². The summed E-state index contributed by atoms with van der Waals surface area (Å²) in [7, 11) is 4.07. The second-order valence-electron chi connectivity index (χ2n) is 7.89. The first-order valence-corrected chi connectivity index (χ1v) is 8.36. The lowest BCUT2D eigenvalue weighted by Crippen LogP contribution is -2.35. The summed E-state index contributed by atoms with van der Waals surface area (Å²) in [6.45, 7) is 8.82. The summed E-state index contributed by atoms with van der Waals surface area (Å²) in [6, 6.07) is 0. The summed E-state index contributed by atoms with van der Waals surface area (Å²) in [4.78, 5) is 0. The molecule has 3 atom stereocenters. The zero-order chi connectivity index (χ0) is 15.3. The predicted molar refractivity (Wildman–Crippen MR) is 84.2 cm³/mol. The fraction of sp³-hybridized carbons (Fsp3) is 0.941. The van der Waals surface area contributed by atoms with E-state index in [2.05, 4.69) is 20.8 Å². The Hall–Kier alpha value is -0.610. The van der Waals surface area contributed by atoms with E-state index in [1.807, 2.05) is 19.1 Å². The highest BCUT2D eigenvalue weighted by Gasteiger charge is 2.64. The Morgan fingerprint density at radius 1 is 1.14 bits per heavy atom. The van der Waals surface area contributed by atoms with Crippen molar-refractivity contribution >= 4 is 5.71 Å². The Morgan fingerprint density at radius 3 is 2.43 bits per heavy atom. The number of rotatable bonds is 4. The fourth-order valence-electron chi connectivity index (χ4n) is 4.93. The zero-order valence-corrected chi connectivity index (χ0v) is 14.2. The van der Waals surface area contributed by atoms with Gasteiger partial charge in [-0.3, -0.25) is 0 Å². The lowest BCUT2D eigenvalue weighted by atomic mass is 9.70. The van der Waals surface area contributed by atoms with Crippen LogP contribution in [0.25, 0.3) is 0 Å². The Bertz CT molecular complexity index is 427. The highest BCUT2D eigenvalue weighted by Crippen LogP contribution is 2.67. The van der Waals surface area contributed by atoms with Crippen molar-refractivity contribution in [1.29, 1.82) is 0 Å². The molecule has 0 aromatic rings. The number of nitrogens with zero attached hydrogens (tertiary/aromatic N) is 2. The van der Waals surface area contributed by atoms with Crippen LogP contribution in [0.4, 0.5) is 0 Å². The van der Waals surface area contributed by atoms with Gasteiger partial charge in [0.2, 0.25) is 0 Å². The molecule has 21 heavy (non-hydrogen) atoms. The van der Waals surface area contributed by atoms with Crippen LogP contribution in [0.2, 0.25) is 0 Å². The van der Waals surface area contributed by atoms with Crippen molar-refractivity contribution in [2.75, 3.05) is 27.3 Å². The molecule has 3 fully saturated rings. The highest BCUT2D eigenvalue weighted by atomic mass is 16.7. The number of hydrazone groups is 1. The van der Waals surface area contributed by atoms with Gasteiger partial charge in [0.05, 0.1) is 13.2 Å². The quantitative estimate of drug-likeness (QED) is 0.747. The average molecular weight is 294 g/mol. The number of hydrogen-bond donors (Lipinski definition) is 0. The van der Waals surface area contributed by atoms with E-state index >= 15 is 0 Å². The Morgan fingerprint density at radius 2 is 1.81 bits per heavy atom. The van der Waals surface area contributed by atoms with E-state index < -0.39 is 0 Å². The Labute approximate surface area is 128 Å². The highest BCUT2D eigenvalue weighted by molar-refractivity contribution is 5.96. The molecule has 2 saturated carbocycles. The van der Waals surface area contributed by atoms with Gasteiger partial charge >= 0.3 is 0 Å². The van der Waals surface area contributed by atoms with Crippen LogP contribution in [0.1, 0.15) is 46.5 Å². The summed E-state index contributed by atoms with van der Waals surface area (Å²) in [5, 5.41) is 6.90. The number of hydrogen-bond acceptors (Lipinski definition) is 4. The second-order valence-corrected chi connectivity index (χ2v) is 7.89. The topological polar surface area (TPSA) is 34.1 Å². The Kier molecular flexibility index (Phi) is 3.81. The van der Waals surface area contributed by atoms with E-state index in [0.717, 1.165) is 32.0 Å². The first-order chi connectivity index (χ1) is 9.86. The summed E-state index contributed by atoms with van der Waals surface area (Å²) < 4.78 is 11.2. The third-order valence-corrected chi connectivity index (χ3v) is 6.42. The van der Waals surface area contributed by atoms with Gasteiger partial charge in [-0.1, -0.05) is 20.8 Å². The smallest absolute Gasteiger partial charge is 0.157 e. The molecule has 0 aromatic heterocycles. The summed E-state index contributed by atoms with van der Waals surface area (Å²) in [5.74, 6) is 1.34. The van der Waals surface area contributed by atoms with Crippen molar-refractivity contribution < 1.29 is 9.47 Å². The minimum Gasteiger partial charge on any atom is -0.350 e. The monoisotopic (exact) mass is 294 g/mol. The lowest BCUT2D eigenvalue weighted by Gasteiger charge is -2.35. The maximum absolute atomic E-state index is 5.61. The molecule has 120 valence electrons.